The molecule has 8 nitrogen and oxygen atoms in total. The predicted molar refractivity (Wildman–Crippen MR) is 105 cm³/mol. The largest absolute Gasteiger partial charge is 0.394 e. The number of carbonyl (C=O) groups excluding carboxylic acids is 2. The molecule has 4 heterocycles. The van der Waals surface area contributed by atoms with E-state index in [1.807, 2.05) is 6.08 Å². The van der Waals surface area contributed by atoms with Gasteiger partial charge in [0.15, 0.2) is 5.70 Å². The van der Waals surface area contributed by atoms with Gasteiger partial charge in [0.1, 0.15) is 23.9 Å². The Morgan fingerprint density at radius 3 is 2.87 bits per heavy atom. The lowest BCUT2D eigenvalue weighted by molar-refractivity contribution is -0.143. The molecular weight excluding hydrogens is 388 g/mol. The molecule has 150 valence electrons. The second kappa shape index (κ2) is 5.55. The molecule has 6 rings (SSSR count). The van der Waals surface area contributed by atoms with Gasteiger partial charge in [0.05, 0.1) is 24.1 Å². The quantitative estimate of drug-likeness (QED) is 0.589. The van der Waals surface area contributed by atoms with E-state index in [4.69, 9.17) is 4.74 Å². The number of anilines is 1. The molecular formula is C22H17N2O6+. The summed E-state index contributed by atoms with van der Waals surface area (Å²) in [7, 11) is 0. The van der Waals surface area contributed by atoms with E-state index in [0.29, 0.717) is 28.1 Å². The molecule has 4 aliphatic heterocycles. The Morgan fingerprint density at radius 1 is 1.27 bits per heavy atom. The number of rotatable bonds is 2. The molecule has 0 radical (unpaired) electrons. The molecule has 5 atom stereocenters. The number of para-hydroxylation sites is 1. The number of amides is 1. The minimum atomic E-state index is -2.38. The van der Waals surface area contributed by atoms with Crippen LogP contribution in [0.15, 0.2) is 64.3 Å². The van der Waals surface area contributed by atoms with E-state index in [1.54, 1.807) is 42.8 Å². The van der Waals surface area contributed by atoms with E-state index in [-0.39, 0.29) is 0 Å². The van der Waals surface area contributed by atoms with Gasteiger partial charge in [-0.15, -0.1) is 0 Å². The van der Waals surface area contributed by atoms with Crippen LogP contribution >= 0.6 is 0 Å². The molecule has 5 aliphatic rings. The number of hydrogen-bond donors (Lipinski definition) is 3. The first-order chi connectivity index (χ1) is 14.5. The smallest absolute Gasteiger partial charge is 0.266 e. The Morgan fingerprint density at radius 2 is 2.07 bits per heavy atom. The van der Waals surface area contributed by atoms with Crippen molar-refractivity contribution in [1.29, 1.82) is 0 Å². The predicted octanol–water partition coefficient (Wildman–Crippen LogP) is -0.141. The van der Waals surface area contributed by atoms with Crippen molar-refractivity contribution in [1.82, 2.24) is 0 Å². The van der Waals surface area contributed by atoms with Crippen molar-refractivity contribution in [3.8, 4) is 0 Å². The maximum atomic E-state index is 13.9. The Kier molecular flexibility index (Phi) is 3.29. The molecule has 0 bridgehead atoms. The van der Waals surface area contributed by atoms with Gasteiger partial charge in [-0.1, -0.05) is 12.1 Å². The van der Waals surface area contributed by atoms with E-state index in [1.165, 1.54) is 11.1 Å². The van der Waals surface area contributed by atoms with Crippen LogP contribution in [0.25, 0.3) is 0 Å². The molecule has 1 aromatic carbocycles. The van der Waals surface area contributed by atoms with Crippen LogP contribution in [0.1, 0.15) is 10.4 Å². The summed E-state index contributed by atoms with van der Waals surface area (Å²) in [4.78, 5) is 33.1. The van der Waals surface area contributed by atoms with Gasteiger partial charge in [-0.25, -0.2) is 0 Å². The molecule has 0 aromatic heterocycles. The van der Waals surface area contributed by atoms with E-state index in [2.05, 4.69) is 4.99 Å². The van der Waals surface area contributed by atoms with Crippen LogP contribution in [0.5, 0.6) is 0 Å². The Balaban J connectivity index is 1.68. The van der Waals surface area contributed by atoms with Crippen LogP contribution in [-0.4, -0.2) is 69.3 Å². The number of aliphatic hydroxyl groups is 3. The Hall–Kier alpha value is -3.04. The van der Waals surface area contributed by atoms with Crippen molar-refractivity contribution in [2.45, 2.75) is 29.5 Å². The summed E-state index contributed by atoms with van der Waals surface area (Å²) in [6.45, 7) is -0.607. The standard InChI is InChI=1S/C22H17N2O6/c25-10-16-18(27)22(29)19(30-16)21(13-9-23-14-7-3-1-5-11(13)14)17(26)12-6-2-4-8-15(12)24(21)20(22)28/h1-9,16,18-19,25,27,29H,10H2/q+1. The van der Waals surface area contributed by atoms with Gasteiger partial charge in [-0.05, 0) is 12.1 Å². The normalized spacial score (nSPS) is 37.9. The average molecular weight is 405 g/mol. The molecule has 2 fully saturated rings. The molecule has 0 saturated carbocycles. The first-order valence-corrected chi connectivity index (χ1v) is 9.63. The zero-order chi connectivity index (χ0) is 20.8. The van der Waals surface area contributed by atoms with Crippen LogP contribution in [0.3, 0.4) is 0 Å². The van der Waals surface area contributed by atoms with E-state index < -0.39 is 47.7 Å². The number of Topliss-reactive ketones (excluding diaryl/α,β-unsaturated/α-hetero) is 1. The molecule has 1 amide bonds. The molecule has 3 N–H and O–H groups in total. The van der Waals surface area contributed by atoms with Gasteiger partial charge in [-0.2, -0.15) is 4.99 Å². The van der Waals surface area contributed by atoms with E-state index >= 15 is 0 Å². The maximum absolute atomic E-state index is 13.9. The molecule has 1 aliphatic carbocycles. The highest BCUT2D eigenvalue weighted by Gasteiger charge is 2.82. The van der Waals surface area contributed by atoms with Crippen molar-refractivity contribution in [3.05, 3.63) is 71.3 Å². The number of carbonyl (C=O) groups is 2. The SMILES string of the molecule is O=C1N2c3ccccc3C(=O)C2(C2=C3[CH+]C=CC=C3N=C2)C2OC(CO)C(O)C12O. The molecule has 0 spiro atoms. The lowest BCUT2D eigenvalue weighted by atomic mass is 9.74. The fourth-order valence-corrected chi connectivity index (χ4v) is 5.34. The maximum Gasteiger partial charge on any atom is 0.266 e. The zero-order valence-corrected chi connectivity index (χ0v) is 15.6. The molecule has 8 heteroatoms. The number of aliphatic imine (C=N–C) groups is 1. The first-order valence-electron chi connectivity index (χ1n) is 9.63. The Bertz CT molecular complexity index is 1150. The number of fused-ring (bicyclic) bond motifs is 6. The fraction of sp³-hybridized carbons (Fsp3) is 0.273. The van der Waals surface area contributed by atoms with Crippen molar-refractivity contribution in [2.24, 2.45) is 4.99 Å². The number of hydrogen-bond acceptors (Lipinski definition) is 7. The number of aliphatic hydroxyl groups excluding tert-OH is 2. The van der Waals surface area contributed by atoms with Crippen LogP contribution in [0.2, 0.25) is 0 Å². The fourth-order valence-electron chi connectivity index (χ4n) is 5.34. The van der Waals surface area contributed by atoms with Crippen molar-refractivity contribution >= 4 is 23.6 Å². The highest BCUT2D eigenvalue weighted by molar-refractivity contribution is 6.29. The third kappa shape index (κ3) is 1.69. The van der Waals surface area contributed by atoms with Crippen LogP contribution in [0, 0.1) is 6.42 Å². The highest BCUT2D eigenvalue weighted by Crippen LogP contribution is 2.58. The lowest BCUT2D eigenvalue weighted by Crippen LogP contribution is -2.58. The lowest BCUT2D eigenvalue weighted by Gasteiger charge is -2.33. The number of benzene rings is 1. The second-order valence-electron chi connectivity index (χ2n) is 7.95. The summed E-state index contributed by atoms with van der Waals surface area (Å²) in [5.41, 5.74) is -1.76. The van der Waals surface area contributed by atoms with Gasteiger partial charge in [-0.3, -0.25) is 14.5 Å². The summed E-state index contributed by atoms with van der Waals surface area (Å²) in [5.74, 6) is -1.25. The number of ketones is 1. The number of ether oxygens (including phenoxy) is 1. The van der Waals surface area contributed by atoms with Crippen molar-refractivity contribution in [2.75, 3.05) is 11.5 Å². The topological polar surface area (TPSA) is 120 Å². The second-order valence-corrected chi connectivity index (χ2v) is 7.95. The minimum Gasteiger partial charge on any atom is -0.394 e. The summed E-state index contributed by atoms with van der Waals surface area (Å²) in [6, 6.07) is 6.65. The molecule has 5 unspecified atom stereocenters. The van der Waals surface area contributed by atoms with Crippen LogP contribution < -0.4 is 4.90 Å². The van der Waals surface area contributed by atoms with E-state index in [0.717, 1.165) is 0 Å². The Labute approximate surface area is 171 Å². The van der Waals surface area contributed by atoms with Gasteiger partial charge in [0, 0.05) is 30.2 Å². The summed E-state index contributed by atoms with van der Waals surface area (Å²) >= 11 is 0. The van der Waals surface area contributed by atoms with Gasteiger partial charge < -0.3 is 20.1 Å². The molecule has 1 aromatic rings. The molecule has 2 saturated heterocycles. The van der Waals surface area contributed by atoms with Crippen molar-refractivity contribution < 1.29 is 29.6 Å². The number of allylic oxidation sites excluding steroid dienone is 4. The van der Waals surface area contributed by atoms with E-state index in [9.17, 15) is 24.9 Å². The summed E-state index contributed by atoms with van der Waals surface area (Å²) in [6.07, 6.45) is 4.40. The van der Waals surface area contributed by atoms with Gasteiger partial charge >= 0.3 is 0 Å². The van der Waals surface area contributed by atoms with Crippen molar-refractivity contribution in [3.63, 3.8) is 0 Å². The third-order valence-electron chi connectivity index (χ3n) is 6.64. The third-order valence-corrected chi connectivity index (χ3v) is 6.64. The minimum absolute atomic E-state index is 0.323. The van der Waals surface area contributed by atoms with Gasteiger partial charge in [0.2, 0.25) is 16.9 Å². The highest BCUT2D eigenvalue weighted by atomic mass is 16.6. The first kappa shape index (κ1) is 17.8. The van der Waals surface area contributed by atoms with Gasteiger partial charge in [0.25, 0.3) is 5.91 Å². The average Bonchev–Trinajstić information content (AvgIpc) is 3.43. The number of nitrogens with zero attached hydrogens (tertiary/aromatic N) is 2. The summed E-state index contributed by atoms with van der Waals surface area (Å²) in [5, 5.41) is 31.7. The monoisotopic (exact) mass is 405 g/mol. The summed E-state index contributed by atoms with van der Waals surface area (Å²) < 4.78 is 5.85. The molecule has 30 heavy (non-hydrogen) atoms. The van der Waals surface area contributed by atoms with Crippen LogP contribution in [-0.2, 0) is 9.53 Å². The zero-order valence-electron chi connectivity index (χ0n) is 15.6. The van der Waals surface area contributed by atoms with Crippen LogP contribution in [0.4, 0.5) is 5.69 Å².